The summed E-state index contributed by atoms with van der Waals surface area (Å²) in [6.07, 6.45) is -0.584. The number of carbonyl (C=O) groups excluding carboxylic acids is 1. The van der Waals surface area contributed by atoms with Crippen molar-refractivity contribution >= 4 is 31.5 Å². The molecule has 1 amide bonds. The third kappa shape index (κ3) is 7.98. The zero-order chi connectivity index (χ0) is 22.1. The first-order chi connectivity index (χ1) is 13.5. The van der Waals surface area contributed by atoms with Crippen molar-refractivity contribution in [2.45, 2.75) is 38.9 Å². The van der Waals surface area contributed by atoms with E-state index in [0.29, 0.717) is 13.2 Å². The summed E-state index contributed by atoms with van der Waals surface area (Å²) in [6.45, 7) is 11.6. The van der Waals surface area contributed by atoms with Crippen LogP contribution in [0.15, 0.2) is 23.3 Å². The standard InChI is InChI=1S/C17H28N6O5Si/c1-17(2,3)29(4,5)28-11-9-20-16(24)27-10-8-19-14-7-6-13(21-22-18)12-15(14)23(25)26/h6-7,12,19H,8-11H2,1-5H3,(H,20,24). The third-order valence-corrected chi connectivity index (χ3v) is 9.17. The minimum absolute atomic E-state index is 0.0180. The van der Waals surface area contributed by atoms with Crippen LogP contribution in [-0.4, -0.2) is 45.6 Å². The van der Waals surface area contributed by atoms with Crippen molar-refractivity contribution in [3.8, 4) is 0 Å². The van der Waals surface area contributed by atoms with E-state index in [1.807, 2.05) is 0 Å². The molecule has 0 aliphatic heterocycles. The number of amides is 1. The van der Waals surface area contributed by atoms with Gasteiger partial charge in [0, 0.05) is 29.8 Å². The van der Waals surface area contributed by atoms with Gasteiger partial charge in [0.15, 0.2) is 8.32 Å². The Balaban J connectivity index is 2.37. The van der Waals surface area contributed by atoms with E-state index in [2.05, 4.69) is 54.5 Å². The summed E-state index contributed by atoms with van der Waals surface area (Å²) in [5.41, 5.74) is 8.55. The van der Waals surface area contributed by atoms with E-state index < -0.39 is 19.3 Å². The van der Waals surface area contributed by atoms with Gasteiger partial charge in [-0.15, -0.1) is 0 Å². The fourth-order valence-electron chi connectivity index (χ4n) is 1.99. The number of rotatable bonds is 10. The normalized spacial score (nSPS) is 11.3. The van der Waals surface area contributed by atoms with E-state index in [4.69, 9.17) is 14.7 Å². The molecule has 0 spiro atoms. The van der Waals surface area contributed by atoms with Crippen LogP contribution in [-0.2, 0) is 9.16 Å². The molecule has 11 nitrogen and oxygen atoms in total. The molecule has 12 heteroatoms. The Morgan fingerprint density at radius 2 is 2.00 bits per heavy atom. The average Bonchev–Trinajstić information content (AvgIpc) is 2.62. The largest absolute Gasteiger partial charge is 0.448 e. The second kappa shape index (κ2) is 10.6. The molecule has 0 radical (unpaired) electrons. The molecule has 1 aromatic rings. The Labute approximate surface area is 170 Å². The topological polar surface area (TPSA) is 151 Å². The van der Waals surface area contributed by atoms with Crippen LogP contribution in [0.4, 0.5) is 21.9 Å². The van der Waals surface area contributed by atoms with Gasteiger partial charge in [-0.25, -0.2) is 4.79 Å². The lowest BCUT2D eigenvalue weighted by molar-refractivity contribution is -0.383. The summed E-state index contributed by atoms with van der Waals surface area (Å²) in [7, 11) is -1.85. The number of nitro groups is 1. The molecule has 0 heterocycles. The molecule has 29 heavy (non-hydrogen) atoms. The molecule has 0 fully saturated rings. The first-order valence-corrected chi connectivity index (χ1v) is 12.0. The molecule has 1 aromatic carbocycles. The first kappa shape index (κ1) is 24.2. The number of hydrogen-bond donors (Lipinski definition) is 2. The highest BCUT2D eigenvalue weighted by atomic mass is 28.4. The van der Waals surface area contributed by atoms with Gasteiger partial charge in [0.25, 0.3) is 5.69 Å². The van der Waals surface area contributed by atoms with Crippen LogP contribution in [0.5, 0.6) is 0 Å². The molecule has 0 aromatic heterocycles. The molecule has 0 unspecified atom stereocenters. The van der Waals surface area contributed by atoms with Gasteiger partial charge in [-0.2, -0.15) is 0 Å². The molecule has 0 saturated carbocycles. The predicted molar refractivity (Wildman–Crippen MR) is 113 cm³/mol. The van der Waals surface area contributed by atoms with Crippen molar-refractivity contribution in [3.05, 3.63) is 38.8 Å². The molecule has 160 valence electrons. The van der Waals surface area contributed by atoms with Crippen LogP contribution < -0.4 is 10.6 Å². The Morgan fingerprint density at radius 1 is 1.31 bits per heavy atom. The van der Waals surface area contributed by atoms with E-state index in [-0.39, 0.29) is 35.3 Å². The van der Waals surface area contributed by atoms with Crippen LogP contribution >= 0.6 is 0 Å². The van der Waals surface area contributed by atoms with E-state index in [1.54, 1.807) is 0 Å². The molecular formula is C17H28N6O5Si. The summed E-state index contributed by atoms with van der Waals surface area (Å²) in [5, 5.41) is 20.0. The van der Waals surface area contributed by atoms with Crippen LogP contribution in [0, 0.1) is 10.1 Å². The minimum atomic E-state index is -1.85. The number of nitro benzene ring substituents is 1. The highest BCUT2D eigenvalue weighted by Crippen LogP contribution is 2.36. The minimum Gasteiger partial charge on any atom is -0.448 e. The molecule has 1 rings (SSSR count). The highest BCUT2D eigenvalue weighted by molar-refractivity contribution is 6.74. The van der Waals surface area contributed by atoms with Crippen molar-refractivity contribution in [2.75, 3.05) is 31.6 Å². The number of carbonyl (C=O) groups is 1. The fraction of sp³-hybridized carbons (Fsp3) is 0.588. The van der Waals surface area contributed by atoms with Gasteiger partial charge in [0.1, 0.15) is 12.3 Å². The van der Waals surface area contributed by atoms with Gasteiger partial charge in [-0.1, -0.05) is 32.0 Å². The van der Waals surface area contributed by atoms with Crippen LogP contribution in [0.1, 0.15) is 20.8 Å². The number of ether oxygens (including phenoxy) is 1. The van der Waals surface area contributed by atoms with Gasteiger partial charge in [-0.05, 0) is 29.7 Å². The molecule has 2 N–H and O–H groups in total. The third-order valence-electron chi connectivity index (χ3n) is 4.63. The van der Waals surface area contributed by atoms with E-state index in [1.165, 1.54) is 12.1 Å². The average molecular weight is 425 g/mol. The molecule has 0 atom stereocenters. The molecule has 0 bridgehead atoms. The van der Waals surface area contributed by atoms with Crippen molar-refractivity contribution in [2.24, 2.45) is 5.11 Å². The Kier molecular flexibility index (Phi) is 8.89. The predicted octanol–water partition coefficient (Wildman–Crippen LogP) is 4.70. The summed E-state index contributed by atoms with van der Waals surface area (Å²) in [5.74, 6) is 0. The molecular weight excluding hydrogens is 396 g/mol. The summed E-state index contributed by atoms with van der Waals surface area (Å²) in [6, 6.07) is 4.05. The second-order valence-corrected chi connectivity index (χ2v) is 12.6. The Bertz CT molecular complexity index is 774. The SMILES string of the molecule is CC(C)(C)[Si](C)(C)OCCNC(=O)OCCNc1ccc(N=[N+]=[N-])cc1[N+](=O)[O-]. The zero-order valence-electron chi connectivity index (χ0n) is 17.4. The van der Waals surface area contributed by atoms with E-state index in [0.717, 1.165) is 6.07 Å². The molecule has 0 aliphatic carbocycles. The van der Waals surface area contributed by atoms with Crippen molar-refractivity contribution in [1.82, 2.24) is 5.32 Å². The number of azide groups is 1. The summed E-state index contributed by atoms with van der Waals surface area (Å²) < 4.78 is 11.0. The lowest BCUT2D eigenvalue weighted by Gasteiger charge is -2.36. The van der Waals surface area contributed by atoms with Crippen molar-refractivity contribution in [3.63, 3.8) is 0 Å². The Hall–Kier alpha value is -2.82. The number of benzene rings is 1. The van der Waals surface area contributed by atoms with Gasteiger partial charge >= 0.3 is 6.09 Å². The first-order valence-electron chi connectivity index (χ1n) is 9.10. The maximum Gasteiger partial charge on any atom is 0.407 e. The maximum atomic E-state index is 11.7. The van der Waals surface area contributed by atoms with E-state index >= 15 is 0 Å². The van der Waals surface area contributed by atoms with Gasteiger partial charge in [0.05, 0.1) is 11.5 Å². The van der Waals surface area contributed by atoms with Gasteiger partial charge in [0.2, 0.25) is 0 Å². The number of nitrogens with zero attached hydrogens (tertiary/aromatic N) is 4. The Morgan fingerprint density at radius 3 is 2.59 bits per heavy atom. The van der Waals surface area contributed by atoms with Crippen molar-refractivity contribution in [1.29, 1.82) is 0 Å². The number of anilines is 1. The zero-order valence-corrected chi connectivity index (χ0v) is 18.4. The summed E-state index contributed by atoms with van der Waals surface area (Å²) in [4.78, 5) is 24.8. The lowest BCUT2D eigenvalue weighted by atomic mass is 10.2. The maximum absolute atomic E-state index is 11.7. The van der Waals surface area contributed by atoms with Gasteiger partial charge < -0.3 is 19.8 Å². The highest BCUT2D eigenvalue weighted by Gasteiger charge is 2.36. The smallest absolute Gasteiger partial charge is 0.407 e. The fourth-order valence-corrected chi connectivity index (χ4v) is 3.04. The number of nitrogens with one attached hydrogen (secondary N) is 2. The van der Waals surface area contributed by atoms with E-state index in [9.17, 15) is 14.9 Å². The number of alkyl carbamates (subject to hydrolysis) is 1. The molecule has 0 aliphatic rings. The van der Waals surface area contributed by atoms with Crippen LogP contribution in [0.25, 0.3) is 10.4 Å². The van der Waals surface area contributed by atoms with Crippen molar-refractivity contribution < 1.29 is 18.9 Å². The quantitative estimate of drug-likeness (QED) is 0.106. The number of hydrogen-bond acceptors (Lipinski definition) is 7. The van der Waals surface area contributed by atoms with Crippen LogP contribution in [0.2, 0.25) is 18.1 Å². The second-order valence-electron chi connectivity index (χ2n) is 7.75. The summed E-state index contributed by atoms with van der Waals surface area (Å²) >= 11 is 0. The molecule has 0 saturated heterocycles. The monoisotopic (exact) mass is 424 g/mol. The van der Waals surface area contributed by atoms with Crippen LogP contribution in [0.3, 0.4) is 0 Å². The van der Waals surface area contributed by atoms with Gasteiger partial charge in [-0.3, -0.25) is 10.1 Å². The lowest BCUT2D eigenvalue weighted by Crippen LogP contribution is -2.42.